The molecule has 0 saturated heterocycles. The molecule has 13 nitrogen and oxygen atoms in total. The summed E-state index contributed by atoms with van der Waals surface area (Å²) in [6.45, 7) is 4.58. The molecule has 0 aliphatic rings. The van der Waals surface area contributed by atoms with Gasteiger partial charge in [0, 0.05) is 26.2 Å². The van der Waals surface area contributed by atoms with Gasteiger partial charge in [-0.15, -0.1) is 46.4 Å². The van der Waals surface area contributed by atoms with Crippen molar-refractivity contribution in [3.8, 4) is 0 Å². The molecule has 0 atom stereocenters. The Labute approximate surface area is 274 Å². The van der Waals surface area contributed by atoms with Crippen LogP contribution in [0, 0.1) is 0 Å². The molecule has 0 bridgehead atoms. The Bertz CT molecular complexity index is 398. The molecule has 0 spiro atoms. The molecule has 0 aliphatic heterocycles. The number of hydrogen-bond donors (Lipinski definition) is 6. The van der Waals surface area contributed by atoms with Crippen molar-refractivity contribution in [1.29, 1.82) is 0 Å². The fourth-order valence-corrected chi connectivity index (χ4v) is 0.800. The van der Waals surface area contributed by atoms with Crippen molar-refractivity contribution in [3.63, 3.8) is 0 Å². The van der Waals surface area contributed by atoms with Gasteiger partial charge in [-0.3, -0.25) is 9.59 Å². The zero-order chi connectivity index (χ0) is 30.3. The first kappa shape index (κ1) is 63.1. The first-order valence-electron chi connectivity index (χ1n) is 10.3. The van der Waals surface area contributed by atoms with Gasteiger partial charge in [0.2, 0.25) is 0 Å². The summed E-state index contributed by atoms with van der Waals surface area (Å²) in [5.41, 5.74) is 0. The standard InChI is InChI=1S/2C6H16N2.2C2H5ClO2.2C2H3ClO2.2Co.H2O/c2*1-7(2)5-6-8(3)4;4*3-1-2(4)5;;;/h2*5-6H2,1-4H3;2*2,4-5H,1H2;2*1H2,(H,4,5);;;1H2/q;;;;;;2*+2;. The van der Waals surface area contributed by atoms with Crippen LogP contribution in [0.2, 0.25) is 0 Å². The summed E-state index contributed by atoms with van der Waals surface area (Å²) < 4.78 is 0. The zero-order valence-corrected chi connectivity index (χ0v) is 28.9. The molecule has 0 heterocycles. The second kappa shape index (κ2) is 51.5. The molecule has 0 aromatic rings. The van der Waals surface area contributed by atoms with Crippen LogP contribution in [-0.2, 0) is 43.1 Å². The smallest absolute Gasteiger partial charge is 0.480 e. The fourth-order valence-electron chi connectivity index (χ4n) is 0.800. The number of alkyl halides is 4. The van der Waals surface area contributed by atoms with Gasteiger partial charge in [0.15, 0.2) is 12.6 Å². The number of carbonyl (C=O) groups is 2. The molecule has 0 aliphatic carbocycles. The van der Waals surface area contributed by atoms with Crippen LogP contribution < -0.4 is 0 Å². The Hall–Kier alpha value is 0.753. The second-order valence-corrected chi connectivity index (χ2v) is 8.69. The van der Waals surface area contributed by atoms with Crippen LogP contribution in [0.15, 0.2) is 0 Å². The van der Waals surface area contributed by atoms with Crippen molar-refractivity contribution in [1.82, 2.24) is 19.6 Å². The van der Waals surface area contributed by atoms with Gasteiger partial charge < -0.3 is 55.7 Å². The van der Waals surface area contributed by atoms with Crippen LogP contribution in [0.4, 0.5) is 0 Å². The number of aliphatic carboxylic acids is 2. The predicted octanol–water partition coefficient (Wildman–Crippen LogP) is -0.919. The average molecular weight is 750 g/mol. The van der Waals surface area contributed by atoms with Crippen molar-refractivity contribution in [2.75, 3.05) is 106 Å². The summed E-state index contributed by atoms with van der Waals surface area (Å²) in [6.07, 6.45) is -2.70. The number of halogens is 4. The van der Waals surface area contributed by atoms with E-state index in [9.17, 15) is 9.59 Å². The summed E-state index contributed by atoms with van der Waals surface area (Å²) in [6, 6.07) is 0. The molecule has 0 rings (SSSR count). The van der Waals surface area contributed by atoms with Crippen LogP contribution in [0.5, 0.6) is 0 Å². The SMILES string of the molecule is CN(C)CCN(C)C.CN(C)CCN(C)C.O.O=C(O)CCl.O=C(O)CCl.OC(O)CCl.OC(O)CCl.[Co+2].[Co+2]. The summed E-state index contributed by atoms with van der Waals surface area (Å²) >= 11 is 19.1. The molecule has 0 saturated carbocycles. The van der Waals surface area contributed by atoms with Gasteiger partial charge in [-0.1, -0.05) is 0 Å². The molecule has 8 N–H and O–H groups in total. The van der Waals surface area contributed by atoms with Gasteiger partial charge in [-0.25, -0.2) is 0 Å². The minimum atomic E-state index is -1.35. The summed E-state index contributed by atoms with van der Waals surface area (Å²) in [7, 11) is 16.7. The van der Waals surface area contributed by atoms with E-state index in [4.69, 9.17) is 77.0 Å². The van der Waals surface area contributed by atoms with E-state index in [0.717, 1.165) is 26.2 Å². The van der Waals surface area contributed by atoms with E-state index in [2.05, 4.69) is 76.0 Å². The average Bonchev–Trinajstić information content (AvgIpc) is 2.78. The van der Waals surface area contributed by atoms with Crippen molar-refractivity contribution in [3.05, 3.63) is 0 Å². The first-order valence-corrected chi connectivity index (χ1v) is 12.5. The largest absolute Gasteiger partial charge is 2.00 e. The minimum Gasteiger partial charge on any atom is -0.480 e. The summed E-state index contributed by atoms with van der Waals surface area (Å²) in [5.74, 6) is -2.79. The van der Waals surface area contributed by atoms with Gasteiger partial charge in [0.1, 0.15) is 11.8 Å². The van der Waals surface area contributed by atoms with Gasteiger partial charge in [-0.2, -0.15) is 0 Å². The monoisotopic (exact) mass is 748 g/mol. The van der Waals surface area contributed by atoms with E-state index in [-0.39, 0.29) is 62.6 Å². The van der Waals surface area contributed by atoms with Crippen molar-refractivity contribution < 1.29 is 79.3 Å². The van der Waals surface area contributed by atoms with E-state index >= 15 is 0 Å². The molecular formula is C20H50Cl4Co2N4O9+4. The maximum absolute atomic E-state index is 9.24. The molecule has 0 amide bonds. The van der Waals surface area contributed by atoms with Crippen LogP contribution in [0.1, 0.15) is 0 Å². The first-order chi connectivity index (χ1) is 16.3. The molecule has 246 valence electrons. The number of rotatable bonds is 10. The number of aliphatic hydroxyl groups is 4. The number of aliphatic hydroxyl groups excluding tert-OH is 2. The molecule has 0 aromatic carbocycles. The van der Waals surface area contributed by atoms with E-state index < -0.39 is 24.5 Å². The maximum Gasteiger partial charge on any atom is 2.00 e. The Morgan fingerprint density at radius 2 is 0.641 bits per heavy atom. The molecule has 39 heavy (non-hydrogen) atoms. The summed E-state index contributed by atoms with van der Waals surface area (Å²) in [4.78, 5) is 27.2. The Morgan fingerprint density at radius 1 is 0.538 bits per heavy atom. The van der Waals surface area contributed by atoms with E-state index in [1.807, 2.05) is 0 Å². The third kappa shape index (κ3) is 149. The Balaban J connectivity index is -0.0000000395. The molecular weight excluding hydrogens is 700 g/mol. The van der Waals surface area contributed by atoms with Gasteiger partial charge in [-0.05, 0) is 56.4 Å². The molecule has 0 aromatic heterocycles. The van der Waals surface area contributed by atoms with Crippen molar-refractivity contribution in [2.45, 2.75) is 12.6 Å². The van der Waals surface area contributed by atoms with Crippen molar-refractivity contribution in [2.24, 2.45) is 0 Å². The van der Waals surface area contributed by atoms with Crippen LogP contribution in [-0.4, -0.2) is 186 Å². The quantitative estimate of drug-likeness (QED) is 0.119. The zero-order valence-electron chi connectivity index (χ0n) is 23.8. The molecule has 0 fully saturated rings. The van der Waals surface area contributed by atoms with Crippen LogP contribution >= 0.6 is 46.4 Å². The normalized spacial score (nSPS) is 8.97. The van der Waals surface area contributed by atoms with Gasteiger partial charge in [0.25, 0.3) is 0 Å². The number of nitrogens with zero attached hydrogens (tertiary/aromatic N) is 4. The molecule has 19 heteroatoms. The van der Waals surface area contributed by atoms with E-state index in [1.54, 1.807) is 0 Å². The Kier molecular flexibility index (Phi) is 83.3. The number of carboxylic acid groups (broad SMARTS) is 2. The fraction of sp³-hybridized carbons (Fsp3) is 0.900. The second-order valence-electron chi connectivity index (χ2n) is 7.54. The van der Waals surface area contributed by atoms with Crippen molar-refractivity contribution >= 4 is 58.3 Å². The number of hydrogen-bond acceptors (Lipinski definition) is 10. The Morgan fingerprint density at radius 3 is 0.667 bits per heavy atom. The van der Waals surface area contributed by atoms with Crippen LogP contribution in [0.3, 0.4) is 0 Å². The molecule has 0 unspecified atom stereocenters. The predicted molar refractivity (Wildman–Crippen MR) is 152 cm³/mol. The van der Waals surface area contributed by atoms with Gasteiger partial charge in [0.05, 0.1) is 11.8 Å². The topological polar surface area (TPSA) is 200 Å². The third-order valence-electron chi connectivity index (χ3n) is 2.49. The molecule has 2 radical (unpaired) electrons. The van der Waals surface area contributed by atoms with Crippen LogP contribution in [0.25, 0.3) is 0 Å². The van der Waals surface area contributed by atoms with E-state index in [1.165, 1.54) is 0 Å². The summed E-state index contributed by atoms with van der Waals surface area (Å²) in [5, 5.41) is 46.3. The van der Waals surface area contributed by atoms with Gasteiger partial charge >= 0.3 is 45.5 Å². The number of carboxylic acids is 2. The number of likely N-dealkylation sites (N-methyl/N-ethyl adjacent to an activating group) is 4. The minimum absolute atomic E-state index is 0. The van der Waals surface area contributed by atoms with E-state index in [0.29, 0.717) is 0 Å². The third-order valence-corrected chi connectivity index (χ3v) is 3.50. The maximum atomic E-state index is 9.24.